The normalized spacial score (nSPS) is 16.1. The molecule has 0 aromatic heterocycles. The second-order valence-electron chi connectivity index (χ2n) is 4.41. The van der Waals surface area contributed by atoms with Gasteiger partial charge in [-0.25, -0.2) is 13.2 Å². The minimum atomic E-state index is -3.21. The molecule has 0 saturated carbocycles. The Kier molecular flexibility index (Phi) is 3.26. The maximum atomic E-state index is 11.3. The molecule has 1 aliphatic carbocycles. The number of hydrogen-bond donors (Lipinski definition) is 1. The Bertz CT molecular complexity index is 609. The van der Waals surface area contributed by atoms with Crippen LogP contribution >= 0.6 is 0 Å². The number of rotatable bonds is 3. The summed E-state index contributed by atoms with van der Waals surface area (Å²) < 4.78 is 22.7. The standard InChI is InChI=1S/C13H14O4S/c1-18(16,17)10-7-5-9(6-8-10)11-3-2-4-12(11)13(14)15/h5-8H,2-4H2,1H3,(H,14,15). The van der Waals surface area contributed by atoms with Crippen molar-refractivity contribution < 1.29 is 18.3 Å². The molecule has 1 N–H and O–H groups in total. The van der Waals surface area contributed by atoms with Crippen molar-refractivity contribution in [3.8, 4) is 0 Å². The highest BCUT2D eigenvalue weighted by Crippen LogP contribution is 2.34. The van der Waals surface area contributed by atoms with Gasteiger partial charge in [-0.05, 0) is 42.5 Å². The van der Waals surface area contributed by atoms with Gasteiger partial charge < -0.3 is 5.11 Å². The van der Waals surface area contributed by atoms with Gasteiger partial charge in [0.05, 0.1) is 4.90 Å². The van der Waals surface area contributed by atoms with E-state index in [0.29, 0.717) is 12.0 Å². The highest BCUT2D eigenvalue weighted by atomic mass is 32.2. The van der Waals surface area contributed by atoms with Crippen molar-refractivity contribution in [3.05, 3.63) is 35.4 Å². The predicted molar refractivity (Wildman–Crippen MR) is 68.0 cm³/mol. The van der Waals surface area contributed by atoms with Gasteiger partial charge in [0.15, 0.2) is 9.84 Å². The molecule has 1 aliphatic rings. The maximum Gasteiger partial charge on any atom is 0.331 e. The lowest BCUT2D eigenvalue weighted by atomic mass is 10.0. The Morgan fingerprint density at radius 2 is 1.78 bits per heavy atom. The van der Waals surface area contributed by atoms with Gasteiger partial charge in [0.25, 0.3) is 0 Å². The summed E-state index contributed by atoms with van der Waals surface area (Å²) in [6.07, 6.45) is 3.31. The Balaban J connectivity index is 2.42. The summed E-state index contributed by atoms with van der Waals surface area (Å²) >= 11 is 0. The van der Waals surface area contributed by atoms with Crippen LogP contribution in [-0.4, -0.2) is 25.7 Å². The van der Waals surface area contributed by atoms with E-state index < -0.39 is 15.8 Å². The zero-order valence-corrected chi connectivity index (χ0v) is 10.8. The van der Waals surface area contributed by atoms with Crippen LogP contribution in [0.3, 0.4) is 0 Å². The Morgan fingerprint density at radius 1 is 1.17 bits per heavy atom. The van der Waals surface area contributed by atoms with E-state index in [1.165, 1.54) is 12.1 Å². The fraction of sp³-hybridized carbons (Fsp3) is 0.308. The molecule has 0 heterocycles. The average Bonchev–Trinajstić information content (AvgIpc) is 2.77. The smallest absolute Gasteiger partial charge is 0.331 e. The third-order valence-corrected chi connectivity index (χ3v) is 4.24. The van der Waals surface area contributed by atoms with E-state index in [0.717, 1.165) is 30.2 Å². The molecule has 96 valence electrons. The number of hydrogen-bond acceptors (Lipinski definition) is 3. The Labute approximate surface area is 106 Å². The zero-order chi connectivity index (χ0) is 13.3. The second-order valence-corrected chi connectivity index (χ2v) is 6.43. The van der Waals surface area contributed by atoms with Crippen molar-refractivity contribution in [3.63, 3.8) is 0 Å². The van der Waals surface area contributed by atoms with Gasteiger partial charge in [-0.1, -0.05) is 12.1 Å². The van der Waals surface area contributed by atoms with E-state index in [1.54, 1.807) is 12.1 Å². The summed E-state index contributed by atoms with van der Waals surface area (Å²) in [6, 6.07) is 6.41. The summed E-state index contributed by atoms with van der Waals surface area (Å²) in [5.41, 5.74) is 2.07. The first-order valence-corrected chi connectivity index (χ1v) is 7.54. The summed E-state index contributed by atoms with van der Waals surface area (Å²) in [5, 5.41) is 9.08. The molecular weight excluding hydrogens is 252 g/mol. The number of aliphatic carboxylic acids is 1. The molecule has 0 unspecified atom stereocenters. The molecule has 1 aromatic rings. The number of carboxylic acids is 1. The summed E-state index contributed by atoms with van der Waals surface area (Å²) in [4.78, 5) is 11.3. The van der Waals surface area contributed by atoms with Crippen LogP contribution < -0.4 is 0 Å². The minimum Gasteiger partial charge on any atom is -0.478 e. The van der Waals surface area contributed by atoms with E-state index in [4.69, 9.17) is 5.11 Å². The summed E-state index contributed by atoms with van der Waals surface area (Å²) in [7, 11) is -3.21. The van der Waals surface area contributed by atoms with Gasteiger partial charge in [-0.15, -0.1) is 0 Å². The minimum absolute atomic E-state index is 0.252. The molecule has 0 amide bonds. The Hall–Kier alpha value is -1.62. The molecule has 18 heavy (non-hydrogen) atoms. The number of allylic oxidation sites excluding steroid dienone is 1. The van der Waals surface area contributed by atoms with E-state index in [2.05, 4.69) is 0 Å². The third-order valence-electron chi connectivity index (χ3n) is 3.11. The highest BCUT2D eigenvalue weighted by Gasteiger charge is 2.21. The average molecular weight is 266 g/mol. The first kappa shape index (κ1) is 12.8. The van der Waals surface area contributed by atoms with Crippen LogP contribution in [0.4, 0.5) is 0 Å². The molecule has 4 nitrogen and oxygen atoms in total. The number of benzene rings is 1. The van der Waals surface area contributed by atoms with Crippen LogP contribution in [0.5, 0.6) is 0 Å². The molecule has 0 fully saturated rings. The van der Waals surface area contributed by atoms with Gasteiger partial charge in [0, 0.05) is 11.8 Å². The van der Waals surface area contributed by atoms with Crippen LogP contribution in [0.15, 0.2) is 34.7 Å². The van der Waals surface area contributed by atoms with Gasteiger partial charge in [0.1, 0.15) is 0 Å². The van der Waals surface area contributed by atoms with Gasteiger partial charge in [0.2, 0.25) is 0 Å². The second kappa shape index (κ2) is 4.57. The molecule has 0 saturated heterocycles. The largest absolute Gasteiger partial charge is 0.478 e. The van der Waals surface area contributed by atoms with Crippen LogP contribution in [0, 0.1) is 0 Å². The van der Waals surface area contributed by atoms with E-state index in [-0.39, 0.29) is 4.90 Å². The molecule has 0 spiro atoms. The van der Waals surface area contributed by atoms with E-state index in [1.807, 2.05) is 0 Å². The van der Waals surface area contributed by atoms with Crippen LogP contribution in [0.2, 0.25) is 0 Å². The van der Waals surface area contributed by atoms with Crippen molar-refractivity contribution in [2.24, 2.45) is 0 Å². The van der Waals surface area contributed by atoms with E-state index in [9.17, 15) is 13.2 Å². The molecule has 2 rings (SSSR count). The van der Waals surface area contributed by atoms with Crippen molar-refractivity contribution in [2.45, 2.75) is 24.2 Å². The zero-order valence-electron chi connectivity index (χ0n) is 10.0. The van der Waals surface area contributed by atoms with Gasteiger partial charge in [-0.3, -0.25) is 0 Å². The molecular formula is C13H14O4S. The molecule has 1 aromatic carbocycles. The van der Waals surface area contributed by atoms with Crippen molar-refractivity contribution in [1.82, 2.24) is 0 Å². The number of carbonyl (C=O) groups is 1. The fourth-order valence-electron chi connectivity index (χ4n) is 2.20. The van der Waals surface area contributed by atoms with Crippen LogP contribution in [0.1, 0.15) is 24.8 Å². The predicted octanol–water partition coefficient (Wildman–Crippen LogP) is 2.11. The number of sulfone groups is 1. The molecule has 5 heteroatoms. The number of carboxylic acid groups (broad SMARTS) is 1. The summed E-state index contributed by atoms with van der Waals surface area (Å²) in [5.74, 6) is -0.880. The fourth-order valence-corrected chi connectivity index (χ4v) is 2.83. The lowest BCUT2D eigenvalue weighted by Crippen LogP contribution is -2.00. The van der Waals surface area contributed by atoms with Gasteiger partial charge in [-0.2, -0.15) is 0 Å². The molecule has 0 radical (unpaired) electrons. The quantitative estimate of drug-likeness (QED) is 0.909. The summed E-state index contributed by atoms with van der Waals surface area (Å²) in [6.45, 7) is 0. The molecule has 0 bridgehead atoms. The van der Waals surface area contributed by atoms with E-state index >= 15 is 0 Å². The topological polar surface area (TPSA) is 71.4 Å². The first-order valence-electron chi connectivity index (χ1n) is 5.65. The first-order chi connectivity index (χ1) is 8.39. The maximum absolute atomic E-state index is 11.3. The third kappa shape index (κ3) is 2.46. The molecule has 0 atom stereocenters. The van der Waals surface area contributed by atoms with Crippen molar-refractivity contribution >= 4 is 21.4 Å². The Morgan fingerprint density at radius 3 is 2.28 bits per heavy atom. The highest BCUT2D eigenvalue weighted by molar-refractivity contribution is 7.90. The lowest BCUT2D eigenvalue weighted by Gasteiger charge is -2.05. The van der Waals surface area contributed by atoms with Crippen LogP contribution in [0.25, 0.3) is 5.57 Å². The van der Waals surface area contributed by atoms with Gasteiger partial charge >= 0.3 is 5.97 Å². The SMILES string of the molecule is CS(=O)(=O)c1ccc(C2=C(C(=O)O)CCC2)cc1. The van der Waals surface area contributed by atoms with Crippen molar-refractivity contribution in [1.29, 1.82) is 0 Å². The lowest BCUT2D eigenvalue weighted by molar-refractivity contribution is -0.132. The van der Waals surface area contributed by atoms with Crippen molar-refractivity contribution in [2.75, 3.05) is 6.26 Å². The molecule has 0 aliphatic heterocycles. The van der Waals surface area contributed by atoms with Crippen LogP contribution in [-0.2, 0) is 14.6 Å². The monoisotopic (exact) mass is 266 g/mol.